The van der Waals surface area contributed by atoms with Crippen molar-refractivity contribution in [1.29, 1.82) is 0 Å². The highest BCUT2D eigenvalue weighted by Gasteiger charge is 2.41. The molecule has 1 heterocycles. The summed E-state index contributed by atoms with van der Waals surface area (Å²) in [5.74, 6) is -1.59. The van der Waals surface area contributed by atoms with Crippen LogP contribution in [0.2, 0.25) is 5.02 Å². The quantitative estimate of drug-likeness (QED) is 0.276. The molecule has 5 nitrogen and oxygen atoms in total. The van der Waals surface area contributed by atoms with Gasteiger partial charge < -0.3 is 20.5 Å². The molecule has 0 saturated heterocycles. The maximum atomic E-state index is 14.1. The molecule has 1 aliphatic heterocycles. The van der Waals surface area contributed by atoms with Crippen LogP contribution in [0.5, 0.6) is 5.75 Å². The van der Waals surface area contributed by atoms with E-state index < -0.39 is 23.3 Å². The van der Waals surface area contributed by atoms with Crippen LogP contribution < -0.4 is 15.4 Å². The molecule has 194 valence electrons. The molecule has 3 aromatic carbocycles. The molecule has 0 radical (unpaired) electrons. The van der Waals surface area contributed by atoms with Crippen molar-refractivity contribution in [2.24, 2.45) is 5.92 Å². The highest BCUT2D eigenvalue weighted by atomic mass is 35.5. The van der Waals surface area contributed by atoms with Crippen LogP contribution in [0, 0.1) is 17.6 Å². The SMILES string of the molecule is O=C(O)CCc1ccc(CC2(c3ccc(Cl)cc3OCC3CCCC3)Nc3cc(F)c(F)cc3N2)cc1. The summed E-state index contributed by atoms with van der Waals surface area (Å²) in [6.07, 6.45) is 5.61. The van der Waals surface area contributed by atoms with Crippen LogP contribution >= 0.6 is 11.6 Å². The molecule has 5 rings (SSSR count). The van der Waals surface area contributed by atoms with E-state index in [1.165, 1.54) is 12.8 Å². The fourth-order valence-corrected chi connectivity index (χ4v) is 5.46. The molecule has 2 aliphatic rings. The topological polar surface area (TPSA) is 70.6 Å². The van der Waals surface area contributed by atoms with Crippen LogP contribution in [-0.4, -0.2) is 17.7 Å². The van der Waals surface area contributed by atoms with Crippen molar-refractivity contribution < 1.29 is 23.4 Å². The van der Waals surface area contributed by atoms with E-state index in [4.69, 9.17) is 21.4 Å². The van der Waals surface area contributed by atoms with Gasteiger partial charge in [0.15, 0.2) is 11.6 Å². The summed E-state index contributed by atoms with van der Waals surface area (Å²) in [4.78, 5) is 10.9. The molecular weight excluding hydrogens is 498 g/mol. The maximum absolute atomic E-state index is 14.1. The summed E-state index contributed by atoms with van der Waals surface area (Å²) in [5.41, 5.74) is 2.60. The Morgan fingerprint density at radius 3 is 2.22 bits per heavy atom. The van der Waals surface area contributed by atoms with E-state index >= 15 is 0 Å². The average molecular weight is 527 g/mol. The Labute approximate surface area is 219 Å². The van der Waals surface area contributed by atoms with Gasteiger partial charge in [-0.3, -0.25) is 4.79 Å². The molecule has 8 heteroatoms. The van der Waals surface area contributed by atoms with Crippen LogP contribution in [-0.2, 0) is 23.3 Å². The minimum atomic E-state index is -0.958. The Morgan fingerprint density at radius 1 is 0.973 bits per heavy atom. The fourth-order valence-electron chi connectivity index (χ4n) is 5.30. The van der Waals surface area contributed by atoms with Crippen LogP contribution in [0.4, 0.5) is 20.2 Å². The van der Waals surface area contributed by atoms with Crippen molar-refractivity contribution >= 4 is 28.9 Å². The molecule has 1 aliphatic carbocycles. The van der Waals surface area contributed by atoms with E-state index in [1.54, 1.807) is 12.1 Å². The predicted molar refractivity (Wildman–Crippen MR) is 140 cm³/mol. The molecule has 37 heavy (non-hydrogen) atoms. The lowest BCUT2D eigenvalue weighted by molar-refractivity contribution is -0.136. The number of fused-ring (bicyclic) bond motifs is 1. The van der Waals surface area contributed by atoms with Gasteiger partial charge in [0.2, 0.25) is 0 Å². The number of nitrogens with one attached hydrogen (secondary N) is 2. The zero-order valence-electron chi connectivity index (χ0n) is 20.3. The number of carboxylic acid groups (broad SMARTS) is 1. The molecule has 0 amide bonds. The number of halogens is 3. The van der Waals surface area contributed by atoms with E-state index in [2.05, 4.69) is 10.6 Å². The Kier molecular flexibility index (Phi) is 7.24. The first-order chi connectivity index (χ1) is 17.8. The Bertz CT molecular complexity index is 1260. The second-order valence-electron chi connectivity index (χ2n) is 9.96. The first-order valence-electron chi connectivity index (χ1n) is 12.6. The van der Waals surface area contributed by atoms with Crippen molar-refractivity contribution in [3.05, 3.63) is 87.9 Å². The molecule has 0 aromatic heterocycles. The van der Waals surface area contributed by atoms with Crippen molar-refractivity contribution in [3.63, 3.8) is 0 Å². The Balaban J connectivity index is 1.49. The second-order valence-corrected chi connectivity index (χ2v) is 10.4. The number of aliphatic carboxylic acids is 1. The number of rotatable bonds is 9. The number of carboxylic acids is 1. The van der Waals surface area contributed by atoms with Gasteiger partial charge in [-0.1, -0.05) is 48.7 Å². The minimum absolute atomic E-state index is 0.0608. The Hall–Kier alpha value is -3.32. The first-order valence-corrected chi connectivity index (χ1v) is 13.0. The van der Waals surface area contributed by atoms with E-state index in [-0.39, 0.29) is 6.42 Å². The lowest BCUT2D eigenvalue weighted by atomic mass is 9.90. The summed E-state index contributed by atoms with van der Waals surface area (Å²) >= 11 is 6.36. The van der Waals surface area contributed by atoms with Crippen LogP contribution in [0.1, 0.15) is 48.8 Å². The third-order valence-corrected chi connectivity index (χ3v) is 7.46. The van der Waals surface area contributed by atoms with Gasteiger partial charge in [-0.2, -0.15) is 0 Å². The molecule has 0 unspecified atom stereocenters. The van der Waals surface area contributed by atoms with Gasteiger partial charge in [-0.05, 0) is 54.5 Å². The number of hydrogen-bond donors (Lipinski definition) is 3. The fraction of sp³-hybridized carbons (Fsp3) is 0.345. The van der Waals surface area contributed by atoms with Gasteiger partial charge in [0.1, 0.15) is 11.4 Å². The van der Waals surface area contributed by atoms with Crippen molar-refractivity contribution in [2.45, 2.75) is 50.6 Å². The van der Waals surface area contributed by atoms with Gasteiger partial charge in [0.05, 0.1) is 18.0 Å². The Morgan fingerprint density at radius 2 is 1.59 bits per heavy atom. The van der Waals surface area contributed by atoms with Gasteiger partial charge in [0.25, 0.3) is 0 Å². The largest absolute Gasteiger partial charge is 0.493 e. The highest BCUT2D eigenvalue weighted by Crippen LogP contribution is 2.46. The maximum Gasteiger partial charge on any atom is 0.303 e. The van der Waals surface area contributed by atoms with E-state index in [0.29, 0.717) is 47.5 Å². The molecule has 1 saturated carbocycles. The first kappa shape index (κ1) is 25.3. The summed E-state index contributed by atoms with van der Waals surface area (Å²) in [7, 11) is 0. The van der Waals surface area contributed by atoms with E-state index in [1.807, 2.05) is 30.3 Å². The van der Waals surface area contributed by atoms with Gasteiger partial charge in [-0.15, -0.1) is 0 Å². The summed E-state index contributed by atoms with van der Waals surface area (Å²) in [6, 6.07) is 15.5. The normalized spacial score (nSPS) is 16.2. The highest BCUT2D eigenvalue weighted by molar-refractivity contribution is 6.30. The number of benzene rings is 3. The molecule has 3 N–H and O–H groups in total. The predicted octanol–water partition coefficient (Wildman–Crippen LogP) is 7.14. The second kappa shape index (κ2) is 10.6. The number of anilines is 2. The summed E-state index contributed by atoms with van der Waals surface area (Å²) in [6.45, 7) is 0.581. The van der Waals surface area contributed by atoms with Crippen molar-refractivity contribution in [1.82, 2.24) is 0 Å². The number of carbonyl (C=O) groups is 1. The lowest BCUT2D eigenvalue weighted by Crippen LogP contribution is -2.41. The van der Waals surface area contributed by atoms with Crippen LogP contribution in [0.25, 0.3) is 0 Å². The zero-order valence-corrected chi connectivity index (χ0v) is 21.1. The standard InChI is InChI=1S/C29H29ClF2N2O3/c30-21-10-11-22(27(13-21)37-17-20-3-1-2-4-20)29(33-25-14-23(31)24(32)15-26(25)34-29)16-19-7-5-18(6-8-19)9-12-28(35)36/h5-8,10-11,13-15,20,33-34H,1-4,9,12,16-17H2,(H,35,36). The molecule has 0 bridgehead atoms. The summed E-state index contributed by atoms with van der Waals surface area (Å²) in [5, 5.41) is 16.3. The third kappa shape index (κ3) is 5.67. The molecule has 1 fully saturated rings. The van der Waals surface area contributed by atoms with Crippen molar-refractivity contribution in [2.75, 3.05) is 17.2 Å². The van der Waals surface area contributed by atoms with E-state index in [0.717, 1.165) is 41.7 Å². The van der Waals surface area contributed by atoms with Gasteiger partial charge in [0, 0.05) is 35.6 Å². The third-order valence-electron chi connectivity index (χ3n) is 7.23. The molecule has 0 atom stereocenters. The molecular formula is C29H29ClF2N2O3. The minimum Gasteiger partial charge on any atom is -0.493 e. The van der Waals surface area contributed by atoms with E-state index in [9.17, 15) is 13.6 Å². The molecule has 3 aromatic rings. The monoisotopic (exact) mass is 526 g/mol. The number of aryl methyl sites for hydroxylation is 1. The van der Waals surface area contributed by atoms with Crippen LogP contribution in [0.15, 0.2) is 54.6 Å². The van der Waals surface area contributed by atoms with Gasteiger partial charge >= 0.3 is 5.97 Å². The van der Waals surface area contributed by atoms with Crippen molar-refractivity contribution in [3.8, 4) is 5.75 Å². The van der Waals surface area contributed by atoms with Gasteiger partial charge in [-0.25, -0.2) is 8.78 Å². The number of hydrogen-bond acceptors (Lipinski definition) is 4. The molecule has 0 spiro atoms. The zero-order chi connectivity index (χ0) is 26.0. The smallest absolute Gasteiger partial charge is 0.303 e. The van der Waals surface area contributed by atoms with Crippen LogP contribution in [0.3, 0.4) is 0 Å². The number of ether oxygens (including phenoxy) is 1. The lowest BCUT2D eigenvalue weighted by Gasteiger charge is -2.33. The summed E-state index contributed by atoms with van der Waals surface area (Å²) < 4.78 is 34.6. The average Bonchev–Trinajstić information content (AvgIpc) is 3.51.